The fraction of sp³-hybridized carbons (Fsp3) is 0.429. The van der Waals surface area contributed by atoms with Gasteiger partial charge in [-0.2, -0.15) is 0 Å². The quantitative estimate of drug-likeness (QED) is 0.254. The van der Waals surface area contributed by atoms with Crippen LogP contribution in [0, 0.1) is 0 Å². The third-order valence-corrected chi connectivity index (χ3v) is 6.52. The summed E-state index contributed by atoms with van der Waals surface area (Å²) in [6, 6.07) is 10.7. The van der Waals surface area contributed by atoms with Gasteiger partial charge in [-0.05, 0) is 51.5 Å². The number of carbonyl (C=O) groups is 1. The van der Waals surface area contributed by atoms with Crippen LogP contribution < -0.4 is 15.4 Å². The molecule has 3 aromatic rings. The molecule has 3 rings (SSSR count). The van der Waals surface area contributed by atoms with Crippen LogP contribution in [0.3, 0.4) is 0 Å². The average Bonchev–Trinajstić information content (AvgIpc) is 3.34. The number of ether oxygens (including phenoxy) is 2. The highest BCUT2D eigenvalue weighted by Crippen LogP contribution is 2.42. The van der Waals surface area contributed by atoms with Crippen molar-refractivity contribution in [2.45, 2.75) is 53.1 Å². The highest BCUT2D eigenvalue weighted by molar-refractivity contribution is 9.10. The van der Waals surface area contributed by atoms with Crippen LogP contribution in [0.15, 0.2) is 47.2 Å². The van der Waals surface area contributed by atoms with Crippen LogP contribution in [0.2, 0.25) is 0 Å². The molecule has 0 atom stereocenters. The first-order valence-corrected chi connectivity index (χ1v) is 13.0. The fourth-order valence-corrected chi connectivity index (χ4v) is 4.30. The second-order valence-electron chi connectivity index (χ2n) is 8.65. The molecule has 2 aromatic carbocycles. The molecule has 7 nitrogen and oxygen atoms in total. The van der Waals surface area contributed by atoms with Gasteiger partial charge in [0.15, 0.2) is 11.6 Å². The van der Waals surface area contributed by atoms with E-state index in [2.05, 4.69) is 81.3 Å². The molecule has 0 amide bonds. The number of hydrogen-bond donors (Lipinski definition) is 2. The van der Waals surface area contributed by atoms with Crippen LogP contribution in [0.5, 0.6) is 5.75 Å². The van der Waals surface area contributed by atoms with Crippen molar-refractivity contribution >= 4 is 33.1 Å². The predicted molar refractivity (Wildman–Crippen MR) is 152 cm³/mol. The third-order valence-electron chi connectivity index (χ3n) is 5.62. The van der Waals surface area contributed by atoms with Crippen molar-refractivity contribution in [3.8, 4) is 5.75 Å². The van der Waals surface area contributed by atoms with Crippen LogP contribution in [-0.4, -0.2) is 43.2 Å². The lowest BCUT2D eigenvalue weighted by atomic mass is 10.0. The Morgan fingerprint density at radius 2 is 1.75 bits per heavy atom. The molecule has 0 aliphatic rings. The topological polar surface area (TPSA) is 77.4 Å². The largest absolute Gasteiger partial charge is 0.494 e. The summed E-state index contributed by atoms with van der Waals surface area (Å²) in [5, 5.41) is 7.02. The molecular formula is C28H39BrN4O3. The highest BCUT2D eigenvalue weighted by atomic mass is 79.9. The van der Waals surface area contributed by atoms with Crippen molar-refractivity contribution in [2.24, 2.45) is 0 Å². The minimum Gasteiger partial charge on any atom is -0.494 e. The van der Waals surface area contributed by atoms with Gasteiger partial charge in [-0.1, -0.05) is 45.0 Å². The first-order valence-electron chi connectivity index (χ1n) is 12.2. The zero-order valence-electron chi connectivity index (χ0n) is 22.4. The summed E-state index contributed by atoms with van der Waals surface area (Å²) < 4.78 is 12.8. The Hall–Kier alpha value is -2.84. The Morgan fingerprint density at radius 3 is 2.31 bits per heavy atom. The molecule has 8 heteroatoms. The van der Waals surface area contributed by atoms with E-state index in [-0.39, 0.29) is 5.78 Å². The maximum atomic E-state index is 12.3. The molecule has 2 N–H and O–H groups in total. The summed E-state index contributed by atoms with van der Waals surface area (Å²) in [6.45, 7) is 10.2. The van der Waals surface area contributed by atoms with Gasteiger partial charge in [0.2, 0.25) is 0 Å². The van der Waals surface area contributed by atoms with Crippen molar-refractivity contribution in [3.63, 3.8) is 0 Å². The number of aromatic nitrogens is 2. The number of carbonyl (C=O) groups excluding carboxylic acids is 1. The van der Waals surface area contributed by atoms with E-state index in [1.807, 2.05) is 23.8 Å². The Labute approximate surface area is 223 Å². The van der Waals surface area contributed by atoms with E-state index < -0.39 is 0 Å². The lowest BCUT2D eigenvalue weighted by Crippen LogP contribution is -2.13. The van der Waals surface area contributed by atoms with E-state index in [0.29, 0.717) is 31.3 Å². The van der Waals surface area contributed by atoms with Gasteiger partial charge in [-0.25, -0.2) is 4.98 Å². The number of nitrogens with one attached hydrogen (secondary N) is 2. The molecule has 0 spiro atoms. The number of ketones is 1. The summed E-state index contributed by atoms with van der Waals surface area (Å²) in [5.41, 5.74) is 5.36. The molecule has 1 heterocycles. The van der Waals surface area contributed by atoms with Crippen molar-refractivity contribution < 1.29 is 14.3 Å². The minimum absolute atomic E-state index is 0.0237. The van der Waals surface area contributed by atoms with Gasteiger partial charge in [0.05, 0.1) is 19.3 Å². The van der Waals surface area contributed by atoms with E-state index in [9.17, 15) is 4.79 Å². The maximum Gasteiger partial charge on any atom is 0.197 e. The molecule has 0 aliphatic heterocycles. The highest BCUT2D eigenvalue weighted by Gasteiger charge is 2.19. The number of nitrogens with zero attached hydrogens (tertiary/aromatic N) is 2. The summed E-state index contributed by atoms with van der Waals surface area (Å²) >= 11 is 3.82. The van der Waals surface area contributed by atoms with Crippen LogP contribution in [0.1, 0.15) is 67.3 Å². The molecule has 1 aromatic heterocycles. The number of methoxy groups -OCH3 is 2. The van der Waals surface area contributed by atoms with Gasteiger partial charge in [0.1, 0.15) is 11.4 Å². The predicted octanol–water partition coefficient (Wildman–Crippen LogP) is 6.73. The molecule has 0 fully saturated rings. The molecule has 0 bridgehead atoms. The van der Waals surface area contributed by atoms with Crippen LogP contribution in [-0.2, 0) is 17.8 Å². The molecule has 0 radical (unpaired) electrons. The van der Waals surface area contributed by atoms with Crippen molar-refractivity contribution in [1.82, 2.24) is 9.55 Å². The zero-order chi connectivity index (χ0) is 26.7. The first kappa shape index (κ1) is 29.4. The van der Waals surface area contributed by atoms with Crippen molar-refractivity contribution in [1.29, 1.82) is 0 Å². The number of benzene rings is 2. The fourth-order valence-electron chi connectivity index (χ4n) is 3.72. The molecule has 0 saturated carbocycles. The number of halogens is 1. The number of anilines is 2. The molecule has 0 saturated heterocycles. The number of imidazole rings is 1. The summed E-state index contributed by atoms with van der Waals surface area (Å²) in [7, 11) is 4.92. The SMILES string of the molecule is CCNc1c(OC)cc(Cn2ccnc2C(=O)CC)c(Br)c1NCc1ccc(C(C)C)cc1.COC. The number of Topliss-reactive ketones (excluding diaryl/α,β-unsaturated/α-hetero) is 1. The van der Waals surface area contributed by atoms with Gasteiger partial charge in [0.25, 0.3) is 0 Å². The zero-order valence-corrected chi connectivity index (χ0v) is 24.0. The monoisotopic (exact) mass is 558 g/mol. The van der Waals surface area contributed by atoms with Gasteiger partial charge in [-0.15, -0.1) is 0 Å². The van der Waals surface area contributed by atoms with Crippen LogP contribution in [0.4, 0.5) is 11.4 Å². The van der Waals surface area contributed by atoms with E-state index in [1.54, 1.807) is 27.5 Å². The van der Waals surface area contributed by atoms with Crippen molar-refractivity contribution in [2.75, 3.05) is 38.5 Å². The van der Waals surface area contributed by atoms with E-state index in [4.69, 9.17) is 4.74 Å². The van der Waals surface area contributed by atoms with Crippen LogP contribution in [0.25, 0.3) is 0 Å². The lowest BCUT2D eigenvalue weighted by molar-refractivity contribution is 0.0974. The Bertz CT molecular complexity index is 1110. The minimum atomic E-state index is 0.0237. The molecule has 0 aliphatic carbocycles. The lowest BCUT2D eigenvalue weighted by Gasteiger charge is -2.21. The Morgan fingerprint density at radius 1 is 1.08 bits per heavy atom. The normalized spacial score (nSPS) is 10.6. The van der Waals surface area contributed by atoms with Gasteiger partial charge < -0.3 is 24.7 Å². The molecule has 0 unspecified atom stereocenters. The summed E-state index contributed by atoms with van der Waals surface area (Å²) in [6.07, 6.45) is 3.92. The van der Waals surface area contributed by atoms with Crippen molar-refractivity contribution in [3.05, 3.63) is 69.7 Å². The molecular weight excluding hydrogens is 520 g/mol. The maximum absolute atomic E-state index is 12.3. The Kier molecular flexibility index (Phi) is 12.0. The van der Waals surface area contributed by atoms with Gasteiger partial charge in [0, 0.05) is 50.6 Å². The van der Waals surface area contributed by atoms with Crippen LogP contribution >= 0.6 is 15.9 Å². The standard InChI is InChI=1S/C26H33BrN4O2.C2H6O/c1-6-21(32)26-29-12-13-31(26)16-20-14-22(33-5)24(28-7-2)25(23(20)27)30-15-18-8-10-19(11-9-18)17(3)4;1-3-2/h8-14,17,28,30H,6-7,15-16H2,1-5H3;1-2H3. The van der Waals surface area contributed by atoms with Gasteiger partial charge in [-0.3, -0.25) is 4.79 Å². The van der Waals surface area contributed by atoms with Gasteiger partial charge >= 0.3 is 0 Å². The first-order chi connectivity index (χ1) is 17.3. The van der Waals surface area contributed by atoms with E-state index in [0.717, 1.165) is 33.7 Å². The average molecular weight is 560 g/mol. The third kappa shape index (κ3) is 7.58. The second-order valence-corrected chi connectivity index (χ2v) is 9.44. The molecule has 36 heavy (non-hydrogen) atoms. The van der Waals surface area contributed by atoms with E-state index >= 15 is 0 Å². The Balaban J connectivity index is 0.00000145. The smallest absolute Gasteiger partial charge is 0.197 e. The molecule has 196 valence electrons. The number of rotatable bonds is 11. The second kappa shape index (κ2) is 14.7. The van der Waals surface area contributed by atoms with E-state index in [1.165, 1.54) is 11.1 Å². The summed E-state index contributed by atoms with van der Waals surface area (Å²) in [4.78, 5) is 16.5. The summed E-state index contributed by atoms with van der Waals surface area (Å²) in [5.74, 6) is 1.75. The number of hydrogen-bond acceptors (Lipinski definition) is 6.